The van der Waals surface area contributed by atoms with E-state index in [-0.39, 0.29) is 5.41 Å². The number of piperidine rings is 1. The number of alkyl halides is 1. The van der Waals surface area contributed by atoms with Crippen LogP contribution in [0.1, 0.15) is 32.3 Å². The van der Waals surface area contributed by atoms with Gasteiger partial charge in [0, 0.05) is 18.4 Å². The van der Waals surface area contributed by atoms with E-state index in [9.17, 15) is 8.42 Å². The summed E-state index contributed by atoms with van der Waals surface area (Å²) in [5.74, 6) is 0. The molecule has 1 saturated heterocycles. The summed E-state index contributed by atoms with van der Waals surface area (Å²) in [6.07, 6.45) is 1.84. The quantitative estimate of drug-likeness (QED) is 0.787. The molecule has 1 fully saturated rings. The molecule has 1 aliphatic heterocycles. The summed E-state index contributed by atoms with van der Waals surface area (Å²) in [7, 11) is -3.32. The van der Waals surface area contributed by atoms with Crippen LogP contribution >= 0.6 is 15.9 Å². The summed E-state index contributed by atoms with van der Waals surface area (Å²) < 4.78 is 26.6. The Morgan fingerprint density at radius 3 is 2.16 bits per heavy atom. The minimum atomic E-state index is -3.32. The number of benzene rings is 1. The van der Waals surface area contributed by atoms with Gasteiger partial charge in [-0.15, -0.1) is 0 Å². The lowest BCUT2D eigenvalue weighted by molar-refractivity contribution is 0.196. The van der Waals surface area contributed by atoms with Gasteiger partial charge in [0.15, 0.2) is 0 Å². The molecule has 0 bridgehead atoms. The van der Waals surface area contributed by atoms with Crippen LogP contribution in [0.25, 0.3) is 0 Å². The van der Waals surface area contributed by atoms with Gasteiger partial charge in [0.05, 0.1) is 4.90 Å². The van der Waals surface area contributed by atoms with Gasteiger partial charge in [-0.1, -0.05) is 41.9 Å². The lowest BCUT2D eigenvalue weighted by Crippen LogP contribution is -2.41. The van der Waals surface area contributed by atoms with Crippen LogP contribution in [-0.2, 0) is 15.4 Å². The third-order valence-corrected chi connectivity index (χ3v) is 6.35. The Balaban J connectivity index is 2.18. The van der Waals surface area contributed by atoms with Crippen LogP contribution < -0.4 is 0 Å². The average Bonchev–Trinajstić information content (AvgIpc) is 2.38. The summed E-state index contributed by atoms with van der Waals surface area (Å²) in [5.41, 5.74) is 1.34. The van der Waals surface area contributed by atoms with Gasteiger partial charge < -0.3 is 0 Å². The Morgan fingerprint density at radius 2 is 1.68 bits per heavy atom. The number of nitrogens with zero attached hydrogens (tertiary/aromatic N) is 1. The van der Waals surface area contributed by atoms with Crippen molar-refractivity contribution in [3.8, 4) is 0 Å². The molecule has 0 spiro atoms. The van der Waals surface area contributed by atoms with Crippen molar-refractivity contribution in [3.63, 3.8) is 0 Å². The Kier molecular flexibility index (Phi) is 4.38. The van der Waals surface area contributed by atoms with Crippen LogP contribution in [0, 0.1) is 5.41 Å². The molecule has 5 heteroatoms. The third-order valence-electron chi connectivity index (χ3n) is 3.79. The van der Waals surface area contributed by atoms with Crippen molar-refractivity contribution in [2.75, 3.05) is 13.1 Å². The van der Waals surface area contributed by atoms with E-state index in [1.807, 2.05) is 12.1 Å². The zero-order chi connectivity index (χ0) is 14.1. The molecule has 0 saturated carbocycles. The lowest BCUT2D eigenvalue weighted by Gasteiger charge is -2.36. The molecule has 1 aromatic rings. The predicted molar refractivity (Wildman–Crippen MR) is 80.8 cm³/mol. The van der Waals surface area contributed by atoms with E-state index < -0.39 is 10.0 Å². The molecular weight excluding hydrogens is 326 g/mol. The number of hydrogen-bond donors (Lipinski definition) is 0. The maximum absolute atomic E-state index is 12.5. The topological polar surface area (TPSA) is 37.4 Å². The predicted octanol–water partition coefficient (Wildman–Crippen LogP) is 3.39. The Hall–Kier alpha value is -0.390. The summed E-state index contributed by atoms with van der Waals surface area (Å²) >= 11 is 3.36. The highest BCUT2D eigenvalue weighted by atomic mass is 79.9. The molecular formula is C14H20BrNO2S. The Bertz CT molecular complexity index is 527. The van der Waals surface area contributed by atoms with Crippen molar-refractivity contribution in [2.24, 2.45) is 5.41 Å². The van der Waals surface area contributed by atoms with Crippen molar-refractivity contribution in [2.45, 2.75) is 36.9 Å². The van der Waals surface area contributed by atoms with Crippen LogP contribution in [0.3, 0.4) is 0 Å². The molecule has 3 nitrogen and oxygen atoms in total. The molecule has 0 unspecified atom stereocenters. The minimum Gasteiger partial charge on any atom is -0.207 e. The molecule has 0 atom stereocenters. The molecule has 106 valence electrons. The van der Waals surface area contributed by atoms with Gasteiger partial charge in [-0.05, 0) is 36.0 Å². The number of sulfonamides is 1. The van der Waals surface area contributed by atoms with E-state index in [1.54, 1.807) is 16.4 Å². The summed E-state index contributed by atoms with van der Waals surface area (Å²) in [4.78, 5) is 0.400. The van der Waals surface area contributed by atoms with E-state index in [1.165, 1.54) is 0 Å². The molecule has 19 heavy (non-hydrogen) atoms. The van der Waals surface area contributed by atoms with E-state index in [2.05, 4.69) is 29.8 Å². The first-order valence-corrected chi connectivity index (χ1v) is 9.06. The van der Waals surface area contributed by atoms with Gasteiger partial charge in [0.2, 0.25) is 10.0 Å². The summed E-state index contributed by atoms with van der Waals surface area (Å²) in [5, 5.41) is 0.741. The molecule has 0 amide bonds. The smallest absolute Gasteiger partial charge is 0.207 e. The molecule has 0 aliphatic carbocycles. The van der Waals surface area contributed by atoms with Crippen LogP contribution in [0.2, 0.25) is 0 Å². The second kappa shape index (κ2) is 5.54. The van der Waals surface area contributed by atoms with E-state index in [4.69, 9.17) is 0 Å². The fourth-order valence-corrected chi connectivity index (χ4v) is 4.05. The van der Waals surface area contributed by atoms with Crippen LogP contribution in [0.4, 0.5) is 0 Å². The molecule has 1 aliphatic rings. The van der Waals surface area contributed by atoms with Gasteiger partial charge >= 0.3 is 0 Å². The van der Waals surface area contributed by atoms with Crippen molar-refractivity contribution in [1.82, 2.24) is 4.31 Å². The molecule has 1 heterocycles. The maximum atomic E-state index is 12.5. The van der Waals surface area contributed by atoms with Crippen molar-refractivity contribution in [3.05, 3.63) is 29.8 Å². The molecule has 0 radical (unpaired) electrons. The van der Waals surface area contributed by atoms with Crippen molar-refractivity contribution in [1.29, 1.82) is 0 Å². The largest absolute Gasteiger partial charge is 0.243 e. The van der Waals surface area contributed by atoms with E-state index >= 15 is 0 Å². The molecule has 2 rings (SSSR count). The van der Waals surface area contributed by atoms with Crippen LogP contribution in [-0.4, -0.2) is 25.8 Å². The molecule has 1 aromatic carbocycles. The maximum Gasteiger partial charge on any atom is 0.243 e. The number of halogens is 1. The average molecular weight is 346 g/mol. The van der Waals surface area contributed by atoms with E-state index in [0.717, 1.165) is 23.7 Å². The standard InChI is InChI=1S/C14H20BrNO2S/c1-14(2)7-9-16(10-8-14)19(17,18)13-5-3-12(11-15)4-6-13/h3-6H,7-11H2,1-2H3. The first-order chi connectivity index (χ1) is 8.85. The Morgan fingerprint density at radius 1 is 1.16 bits per heavy atom. The van der Waals surface area contributed by atoms with Gasteiger partial charge in [-0.25, -0.2) is 8.42 Å². The van der Waals surface area contributed by atoms with Crippen LogP contribution in [0.15, 0.2) is 29.2 Å². The Labute approximate surface area is 124 Å². The van der Waals surface area contributed by atoms with Crippen molar-refractivity contribution < 1.29 is 8.42 Å². The zero-order valence-corrected chi connectivity index (χ0v) is 13.8. The van der Waals surface area contributed by atoms with Gasteiger partial charge in [-0.3, -0.25) is 0 Å². The molecule has 0 aromatic heterocycles. The summed E-state index contributed by atoms with van der Waals surface area (Å²) in [6, 6.07) is 7.11. The third kappa shape index (κ3) is 3.38. The summed E-state index contributed by atoms with van der Waals surface area (Å²) in [6.45, 7) is 5.63. The van der Waals surface area contributed by atoms with Crippen molar-refractivity contribution >= 4 is 26.0 Å². The molecule has 0 N–H and O–H groups in total. The fourth-order valence-electron chi connectivity index (χ4n) is 2.23. The lowest BCUT2D eigenvalue weighted by atomic mass is 9.83. The second-order valence-corrected chi connectivity index (χ2v) is 8.34. The number of rotatable bonds is 3. The van der Waals surface area contributed by atoms with Crippen LogP contribution in [0.5, 0.6) is 0 Å². The number of hydrogen-bond acceptors (Lipinski definition) is 2. The van der Waals surface area contributed by atoms with Gasteiger partial charge in [0.1, 0.15) is 0 Å². The SMILES string of the molecule is CC1(C)CCN(S(=O)(=O)c2ccc(CBr)cc2)CC1. The highest BCUT2D eigenvalue weighted by Crippen LogP contribution is 2.32. The van der Waals surface area contributed by atoms with E-state index in [0.29, 0.717) is 18.0 Å². The minimum absolute atomic E-state index is 0.256. The fraction of sp³-hybridized carbons (Fsp3) is 0.571. The monoisotopic (exact) mass is 345 g/mol. The second-order valence-electron chi connectivity index (χ2n) is 5.85. The normalized spacial score (nSPS) is 20.4. The highest BCUT2D eigenvalue weighted by molar-refractivity contribution is 9.08. The highest BCUT2D eigenvalue weighted by Gasteiger charge is 2.32. The van der Waals surface area contributed by atoms with Gasteiger partial charge in [0.25, 0.3) is 0 Å². The zero-order valence-electron chi connectivity index (χ0n) is 11.4. The first-order valence-electron chi connectivity index (χ1n) is 6.50. The van der Waals surface area contributed by atoms with Gasteiger partial charge in [-0.2, -0.15) is 4.31 Å². The first kappa shape index (κ1) is 15.0.